The number of nitrogens with two attached hydrogens (primary N) is 1. The molecule has 18 heavy (non-hydrogen) atoms. The van der Waals surface area contributed by atoms with E-state index in [0.717, 1.165) is 23.5 Å². The predicted molar refractivity (Wildman–Crippen MR) is 75.3 cm³/mol. The number of hydrogen-bond acceptors (Lipinski definition) is 2. The first-order valence-corrected chi connectivity index (χ1v) is 6.10. The molecule has 2 N–H and O–H groups in total. The van der Waals surface area contributed by atoms with Gasteiger partial charge in [0.2, 0.25) is 0 Å². The molecule has 3 heteroatoms. The summed E-state index contributed by atoms with van der Waals surface area (Å²) in [6.07, 6.45) is 3.91. The highest BCUT2D eigenvalue weighted by Crippen LogP contribution is 2.32. The van der Waals surface area contributed by atoms with Crippen LogP contribution in [0.5, 0.6) is 0 Å². The lowest BCUT2D eigenvalue weighted by Gasteiger charge is -2.01. The molecule has 3 aromatic rings. The van der Waals surface area contributed by atoms with Crippen molar-refractivity contribution >= 4 is 16.6 Å². The molecule has 0 radical (unpaired) electrons. The van der Waals surface area contributed by atoms with E-state index in [1.165, 1.54) is 10.9 Å². The third-order valence-corrected chi connectivity index (χ3v) is 3.22. The van der Waals surface area contributed by atoms with Crippen LogP contribution in [0.3, 0.4) is 0 Å². The van der Waals surface area contributed by atoms with Crippen LogP contribution in [0, 0.1) is 0 Å². The van der Waals surface area contributed by atoms with Crippen molar-refractivity contribution in [3.8, 4) is 11.3 Å². The zero-order valence-electron chi connectivity index (χ0n) is 10.3. The Morgan fingerprint density at radius 1 is 1.17 bits per heavy atom. The maximum Gasteiger partial charge on any atom is 0.0952 e. The van der Waals surface area contributed by atoms with Gasteiger partial charge in [-0.1, -0.05) is 18.2 Å². The highest BCUT2D eigenvalue weighted by molar-refractivity contribution is 5.97. The molecular weight excluding hydrogens is 222 g/mol. The lowest BCUT2D eigenvalue weighted by atomic mass is 10.1. The van der Waals surface area contributed by atoms with Crippen molar-refractivity contribution in [2.75, 3.05) is 5.73 Å². The third-order valence-electron chi connectivity index (χ3n) is 3.22. The van der Waals surface area contributed by atoms with Crippen molar-refractivity contribution in [3.63, 3.8) is 0 Å². The van der Waals surface area contributed by atoms with E-state index in [2.05, 4.69) is 40.9 Å². The minimum Gasteiger partial charge on any atom is -0.397 e. The summed E-state index contributed by atoms with van der Waals surface area (Å²) in [5, 5.41) is 1.20. The zero-order valence-corrected chi connectivity index (χ0v) is 10.3. The molecule has 0 amide bonds. The Hall–Kier alpha value is -2.29. The molecule has 0 saturated carbocycles. The van der Waals surface area contributed by atoms with Crippen LogP contribution in [0.1, 0.15) is 6.92 Å². The van der Waals surface area contributed by atoms with Crippen LogP contribution in [0.25, 0.3) is 22.2 Å². The number of rotatable bonds is 2. The third kappa shape index (κ3) is 1.56. The standard InChI is InChI=1S/C15H15N3/c1-2-18-10-12(11-6-3-4-8-14(11)18)15-13(16)7-5-9-17-15/h3-10H,2,16H2,1H3. The number of aryl methyl sites for hydroxylation is 1. The van der Waals surface area contributed by atoms with E-state index in [1.54, 1.807) is 6.20 Å². The van der Waals surface area contributed by atoms with Crippen molar-refractivity contribution in [1.29, 1.82) is 0 Å². The Morgan fingerprint density at radius 2 is 2.00 bits per heavy atom. The van der Waals surface area contributed by atoms with Crippen LogP contribution in [-0.2, 0) is 6.54 Å². The summed E-state index contributed by atoms with van der Waals surface area (Å²) in [4.78, 5) is 4.41. The molecule has 0 fully saturated rings. The fourth-order valence-electron chi connectivity index (χ4n) is 2.34. The first kappa shape index (κ1) is 10.8. The molecule has 90 valence electrons. The molecule has 2 heterocycles. The van der Waals surface area contributed by atoms with Gasteiger partial charge in [-0.2, -0.15) is 0 Å². The van der Waals surface area contributed by atoms with Gasteiger partial charge < -0.3 is 10.3 Å². The van der Waals surface area contributed by atoms with E-state index < -0.39 is 0 Å². The number of hydrogen-bond donors (Lipinski definition) is 1. The highest BCUT2D eigenvalue weighted by Gasteiger charge is 2.11. The highest BCUT2D eigenvalue weighted by atomic mass is 15.0. The summed E-state index contributed by atoms with van der Waals surface area (Å²) < 4.78 is 2.22. The van der Waals surface area contributed by atoms with Crippen molar-refractivity contribution in [2.45, 2.75) is 13.5 Å². The summed E-state index contributed by atoms with van der Waals surface area (Å²) in [5.41, 5.74) is 9.93. The summed E-state index contributed by atoms with van der Waals surface area (Å²) in [5.74, 6) is 0. The Kier molecular flexibility index (Phi) is 2.52. The maximum atomic E-state index is 6.02. The Balaban J connectivity index is 2.33. The number of nitrogens with zero attached hydrogens (tertiary/aromatic N) is 2. The van der Waals surface area contributed by atoms with Crippen LogP contribution in [0.15, 0.2) is 48.8 Å². The molecule has 0 aliphatic carbocycles. The molecule has 3 nitrogen and oxygen atoms in total. The molecular formula is C15H15N3. The fraction of sp³-hybridized carbons (Fsp3) is 0.133. The van der Waals surface area contributed by atoms with Crippen LogP contribution < -0.4 is 5.73 Å². The quantitative estimate of drug-likeness (QED) is 0.743. The van der Waals surface area contributed by atoms with Gasteiger partial charge in [0.25, 0.3) is 0 Å². The molecule has 0 unspecified atom stereocenters. The molecule has 0 spiro atoms. The van der Waals surface area contributed by atoms with Gasteiger partial charge in [0, 0.05) is 35.4 Å². The second-order valence-electron chi connectivity index (χ2n) is 4.29. The lowest BCUT2D eigenvalue weighted by Crippen LogP contribution is -1.92. The van der Waals surface area contributed by atoms with Gasteiger partial charge in [-0.15, -0.1) is 0 Å². The maximum absolute atomic E-state index is 6.02. The second-order valence-corrected chi connectivity index (χ2v) is 4.29. The fourth-order valence-corrected chi connectivity index (χ4v) is 2.34. The zero-order chi connectivity index (χ0) is 12.5. The predicted octanol–water partition coefficient (Wildman–Crippen LogP) is 3.31. The summed E-state index contributed by atoms with van der Waals surface area (Å²) in [6, 6.07) is 12.1. The SMILES string of the molecule is CCn1cc(-c2ncccc2N)c2ccccc21. The monoisotopic (exact) mass is 237 g/mol. The number of pyridine rings is 1. The van der Waals surface area contributed by atoms with E-state index in [0.29, 0.717) is 0 Å². The minimum absolute atomic E-state index is 0.719. The molecule has 0 atom stereocenters. The molecule has 3 rings (SSSR count). The largest absolute Gasteiger partial charge is 0.397 e. The number of para-hydroxylation sites is 1. The topological polar surface area (TPSA) is 43.8 Å². The lowest BCUT2D eigenvalue weighted by molar-refractivity contribution is 0.798. The molecule has 2 aromatic heterocycles. The van der Waals surface area contributed by atoms with Crippen LogP contribution in [0.4, 0.5) is 5.69 Å². The summed E-state index contributed by atoms with van der Waals surface area (Å²) in [6.45, 7) is 3.07. The van der Waals surface area contributed by atoms with E-state index in [4.69, 9.17) is 5.73 Å². The van der Waals surface area contributed by atoms with Gasteiger partial charge in [0.05, 0.1) is 11.4 Å². The first-order chi connectivity index (χ1) is 8.81. The van der Waals surface area contributed by atoms with Gasteiger partial charge in [0.15, 0.2) is 0 Å². The minimum atomic E-state index is 0.719. The summed E-state index contributed by atoms with van der Waals surface area (Å²) in [7, 11) is 0. The number of anilines is 1. The van der Waals surface area contributed by atoms with Crippen LogP contribution >= 0.6 is 0 Å². The van der Waals surface area contributed by atoms with Crippen molar-refractivity contribution in [2.24, 2.45) is 0 Å². The van der Waals surface area contributed by atoms with E-state index >= 15 is 0 Å². The van der Waals surface area contributed by atoms with E-state index in [9.17, 15) is 0 Å². The number of nitrogen functional groups attached to an aromatic ring is 1. The number of fused-ring (bicyclic) bond motifs is 1. The molecule has 0 aliphatic rings. The Morgan fingerprint density at radius 3 is 2.78 bits per heavy atom. The normalized spacial score (nSPS) is 10.9. The molecule has 0 bridgehead atoms. The average molecular weight is 237 g/mol. The molecule has 1 aromatic carbocycles. The van der Waals surface area contributed by atoms with Gasteiger partial charge in [-0.25, -0.2) is 0 Å². The Bertz CT molecular complexity index is 698. The van der Waals surface area contributed by atoms with Gasteiger partial charge in [-0.3, -0.25) is 4.98 Å². The van der Waals surface area contributed by atoms with Crippen molar-refractivity contribution < 1.29 is 0 Å². The number of benzene rings is 1. The smallest absolute Gasteiger partial charge is 0.0952 e. The van der Waals surface area contributed by atoms with E-state index in [1.807, 2.05) is 18.2 Å². The Labute approximate surface area is 106 Å². The van der Waals surface area contributed by atoms with Gasteiger partial charge in [0.1, 0.15) is 0 Å². The molecule has 0 saturated heterocycles. The van der Waals surface area contributed by atoms with Gasteiger partial charge >= 0.3 is 0 Å². The van der Waals surface area contributed by atoms with Crippen LogP contribution in [-0.4, -0.2) is 9.55 Å². The van der Waals surface area contributed by atoms with Crippen LogP contribution in [0.2, 0.25) is 0 Å². The number of aromatic nitrogens is 2. The first-order valence-electron chi connectivity index (χ1n) is 6.10. The van der Waals surface area contributed by atoms with Gasteiger partial charge in [-0.05, 0) is 25.1 Å². The average Bonchev–Trinajstić information content (AvgIpc) is 2.78. The van der Waals surface area contributed by atoms with E-state index in [-0.39, 0.29) is 0 Å². The van der Waals surface area contributed by atoms with Crippen molar-refractivity contribution in [1.82, 2.24) is 9.55 Å². The molecule has 0 aliphatic heterocycles. The van der Waals surface area contributed by atoms with Crippen molar-refractivity contribution in [3.05, 3.63) is 48.8 Å². The second kappa shape index (κ2) is 4.18. The summed E-state index contributed by atoms with van der Waals surface area (Å²) >= 11 is 0.